The van der Waals surface area contributed by atoms with Crippen LogP contribution in [0, 0.1) is 0 Å². The number of rotatable bonds is 0. The highest BCUT2D eigenvalue weighted by Gasteiger charge is 2.54. The van der Waals surface area contributed by atoms with Gasteiger partial charge in [-0.15, -0.1) is 0 Å². The molecular weight excluding hydrogens is 404 g/mol. The quantitative estimate of drug-likeness (QED) is 0.320. The van der Waals surface area contributed by atoms with Crippen LogP contribution in [0.2, 0.25) is 0 Å². The molecule has 3 nitrogen and oxygen atoms in total. The molecule has 0 bridgehead atoms. The van der Waals surface area contributed by atoms with Crippen LogP contribution in [0.25, 0.3) is 27.6 Å². The molecule has 0 saturated carbocycles. The Balaban J connectivity index is 1.52. The predicted octanol–water partition coefficient (Wildman–Crippen LogP) is 6.50. The number of hydrogen-bond acceptors (Lipinski definition) is 3. The van der Waals surface area contributed by atoms with Gasteiger partial charge < -0.3 is 14.2 Å². The van der Waals surface area contributed by atoms with Crippen molar-refractivity contribution in [3.8, 4) is 0 Å². The van der Waals surface area contributed by atoms with Gasteiger partial charge in [-0.25, -0.2) is 0 Å². The van der Waals surface area contributed by atoms with Crippen molar-refractivity contribution in [1.29, 1.82) is 0 Å². The lowest BCUT2D eigenvalue weighted by molar-refractivity contribution is 0.136. The molecule has 3 heteroatoms. The molecule has 5 heterocycles. The second kappa shape index (κ2) is 6.08. The summed E-state index contributed by atoms with van der Waals surface area (Å²) in [5, 5.41) is 2.38. The summed E-state index contributed by atoms with van der Waals surface area (Å²) in [5.41, 5.74) is 8.41. The van der Waals surface area contributed by atoms with Crippen molar-refractivity contribution >= 4 is 27.6 Å². The van der Waals surface area contributed by atoms with Crippen molar-refractivity contribution in [2.24, 2.45) is 0 Å². The normalized spacial score (nSPS) is 24.2. The molecule has 4 aliphatic heterocycles. The van der Waals surface area contributed by atoms with Crippen molar-refractivity contribution in [2.75, 3.05) is 13.1 Å². The van der Waals surface area contributed by atoms with Crippen LogP contribution in [0.5, 0.6) is 0 Å². The summed E-state index contributed by atoms with van der Waals surface area (Å²) in [7, 11) is 0. The summed E-state index contributed by atoms with van der Waals surface area (Å²) in [6, 6.07) is 22.2. The van der Waals surface area contributed by atoms with Crippen molar-refractivity contribution in [3.05, 3.63) is 126 Å². The molecule has 0 fully saturated rings. The van der Waals surface area contributed by atoms with E-state index in [1.807, 2.05) is 0 Å². The molecule has 4 aliphatic rings. The Labute approximate surface area is 192 Å². The number of allylic oxidation sites excluding steroid dienone is 4. The van der Waals surface area contributed by atoms with Gasteiger partial charge in [0.1, 0.15) is 16.7 Å². The number of furan rings is 1. The van der Waals surface area contributed by atoms with Crippen molar-refractivity contribution in [3.63, 3.8) is 0 Å². The van der Waals surface area contributed by atoms with Gasteiger partial charge in [0.05, 0.1) is 12.6 Å². The summed E-state index contributed by atoms with van der Waals surface area (Å²) in [5.74, 6) is 0. The van der Waals surface area contributed by atoms with Crippen molar-refractivity contribution in [1.82, 2.24) is 9.80 Å². The first-order valence-corrected chi connectivity index (χ1v) is 11.7. The summed E-state index contributed by atoms with van der Waals surface area (Å²) < 4.78 is 6.59. The molecule has 2 atom stereocenters. The minimum atomic E-state index is -0.262. The predicted molar refractivity (Wildman–Crippen MR) is 132 cm³/mol. The van der Waals surface area contributed by atoms with E-state index in [9.17, 15) is 0 Å². The van der Waals surface area contributed by atoms with Crippen LogP contribution in [0.3, 0.4) is 0 Å². The number of benzene rings is 3. The van der Waals surface area contributed by atoms with E-state index in [1.165, 1.54) is 38.7 Å². The Morgan fingerprint density at radius 3 is 2.76 bits per heavy atom. The number of para-hydroxylation sites is 1. The lowest BCUT2D eigenvalue weighted by atomic mass is 9.74. The van der Waals surface area contributed by atoms with Crippen LogP contribution in [0.4, 0.5) is 0 Å². The Morgan fingerprint density at radius 2 is 1.76 bits per heavy atom. The van der Waals surface area contributed by atoms with E-state index >= 15 is 0 Å². The zero-order valence-electron chi connectivity index (χ0n) is 18.1. The van der Waals surface area contributed by atoms with Crippen LogP contribution >= 0.6 is 0 Å². The Bertz CT molecular complexity index is 1600. The molecule has 4 aromatic rings. The third-order valence-corrected chi connectivity index (χ3v) is 7.86. The molecule has 3 aromatic carbocycles. The second-order valence-corrected chi connectivity index (χ2v) is 9.34. The average molecular weight is 427 g/mol. The third-order valence-electron chi connectivity index (χ3n) is 7.86. The molecule has 1 spiro atoms. The van der Waals surface area contributed by atoms with E-state index in [1.54, 1.807) is 0 Å². The van der Waals surface area contributed by atoms with Crippen LogP contribution in [0.1, 0.15) is 28.3 Å². The fourth-order valence-corrected chi connectivity index (χ4v) is 6.54. The summed E-state index contributed by atoms with van der Waals surface area (Å²) in [4.78, 5) is 5.10. The fraction of sp³-hybridized carbons (Fsp3) is 0.133. The zero-order valence-corrected chi connectivity index (χ0v) is 18.1. The van der Waals surface area contributed by atoms with Gasteiger partial charge >= 0.3 is 0 Å². The maximum absolute atomic E-state index is 6.59. The first-order chi connectivity index (χ1) is 16.4. The number of hydrogen-bond donors (Lipinski definition) is 0. The summed E-state index contributed by atoms with van der Waals surface area (Å²) in [6.45, 7) is 1.80. The van der Waals surface area contributed by atoms with Gasteiger partial charge in [-0.2, -0.15) is 0 Å². The van der Waals surface area contributed by atoms with Crippen LogP contribution in [-0.4, -0.2) is 22.9 Å². The van der Waals surface area contributed by atoms with Gasteiger partial charge in [-0.3, -0.25) is 0 Å². The molecule has 158 valence electrons. The van der Waals surface area contributed by atoms with Gasteiger partial charge in [-0.1, -0.05) is 78.9 Å². The lowest BCUT2D eigenvalue weighted by Gasteiger charge is -2.51. The number of fused-ring (bicyclic) bond motifs is 13. The molecule has 33 heavy (non-hydrogen) atoms. The third kappa shape index (κ3) is 2.06. The molecule has 0 N–H and O–H groups in total. The molecule has 0 radical (unpaired) electrons. The Morgan fingerprint density at radius 1 is 0.848 bits per heavy atom. The van der Waals surface area contributed by atoms with Crippen molar-refractivity contribution < 1.29 is 4.42 Å². The second-order valence-electron chi connectivity index (χ2n) is 9.34. The molecule has 0 aliphatic carbocycles. The van der Waals surface area contributed by atoms with Crippen LogP contribution in [0.15, 0.2) is 108 Å². The maximum atomic E-state index is 6.59. The number of nitrogens with zero attached hydrogens (tertiary/aromatic N) is 2. The molecule has 1 aromatic heterocycles. The average Bonchev–Trinajstić information content (AvgIpc) is 3.39. The largest absolute Gasteiger partial charge is 0.456 e. The first-order valence-electron chi connectivity index (χ1n) is 11.7. The minimum absolute atomic E-state index is 0.167. The van der Waals surface area contributed by atoms with E-state index in [0.717, 1.165) is 24.3 Å². The smallest absolute Gasteiger partial charge is 0.141 e. The van der Waals surface area contributed by atoms with Gasteiger partial charge in [0.15, 0.2) is 0 Å². The maximum Gasteiger partial charge on any atom is 0.141 e. The molecule has 8 rings (SSSR count). The minimum Gasteiger partial charge on any atom is -0.456 e. The fourth-order valence-electron chi connectivity index (χ4n) is 6.54. The SMILES string of the molecule is C1=CCN2C(=C1)c1ccccc1C21CN2C=CC=CC2c2c1ccc1c2oc2ccccc21. The van der Waals surface area contributed by atoms with Gasteiger partial charge in [0, 0.05) is 40.3 Å². The van der Waals surface area contributed by atoms with Crippen LogP contribution in [-0.2, 0) is 5.54 Å². The monoisotopic (exact) mass is 426 g/mol. The molecule has 2 unspecified atom stereocenters. The topological polar surface area (TPSA) is 19.6 Å². The lowest BCUT2D eigenvalue weighted by Crippen LogP contribution is -2.54. The highest BCUT2D eigenvalue weighted by molar-refractivity contribution is 6.06. The van der Waals surface area contributed by atoms with E-state index in [4.69, 9.17) is 4.42 Å². The van der Waals surface area contributed by atoms with Gasteiger partial charge in [-0.05, 0) is 29.3 Å². The summed E-state index contributed by atoms with van der Waals surface area (Å²) in [6.07, 6.45) is 15.6. The van der Waals surface area contributed by atoms with Crippen molar-refractivity contribution in [2.45, 2.75) is 11.6 Å². The highest BCUT2D eigenvalue weighted by Crippen LogP contribution is 2.57. The first kappa shape index (κ1) is 17.6. The van der Waals surface area contributed by atoms with E-state index < -0.39 is 0 Å². The molecule has 0 amide bonds. The van der Waals surface area contributed by atoms with Gasteiger partial charge in [0.25, 0.3) is 0 Å². The molecule has 0 saturated heterocycles. The Kier molecular flexibility index (Phi) is 3.23. The molecular formula is C30H22N2O. The standard InChI is InChI=1S/C30H22N2O/c1-3-11-23-22(10-1)25-12-6-8-18-32(25)30(23)19-31-17-7-5-13-26(31)28-24(30)16-15-21-20-9-2-4-14-27(20)33-29(21)28/h1-17,26H,18-19H2. The van der Waals surface area contributed by atoms with E-state index in [0.29, 0.717) is 0 Å². The van der Waals surface area contributed by atoms with Gasteiger partial charge in [0.2, 0.25) is 0 Å². The van der Waals surface area contributed by atoms with Crippen LogP contribution < -0.4 is 0 Å². The highest BCUT2D eigenvalue weighted by atomic mass is 16.3. The van der Waals surface area contributed by atoms with E-state index in [2.05, 4.69) is 113 Å². The summed E-state index contributed by atoms with van der Waals surface area (Å²) >= 11 is 0. The Hall–Kier alpha value is -3.98. The van der Waals surface area contributed by atoms with E-state index in [-0.39, 0.29) is 11.6 Å². The zero-order chi connectivity index (χ0) is 21.6.